The fourth-order valence-electron chi connectivity index (χ4n) is 1.58. The van der Waals surface area contributed by atoms with Gasteiger partial charge in [-0.25, -0.2) is 0 Å². The van der Waals surface area contributed by atoms with Crippen molar-refractivity contribution in [2.24, 2.45) is 0 Å². The predicted octanol–water partition coefficient (Wildman–Crippen LogP) is 1.02. The standard InChI is InChI=1S/C10H17NO6P2/c1-8(9-5-3-2-4-6-9)11-7-10(18(12,13)14)19(15,16)17/h2-6,8,10-11H,7H2,1H3,(H2,12,13,14)(H2,15,16,17)/t8-/m0/s1. The van der Waals surface area contributed by atoms with Gasteiger partial charge in [0.25, 0.3) is 0 Å². The normalized spacial score (nSPS) is 14.6. The average molecular weight is 309 g/mol. The summed E-state index contributed by atoms with van der Waals surface area (Å²) >= 11 is 0. The second kappa shape index (κ2) is 6.29. The van der Waals surface area contributed by atoms with Gasteiger partial charge in [0.15, 0.2) is 5.40 Å². The van der Waals surface area contributed by atoms with Crippen LogP contribution in [0, 0.1) is 0 Å². The first-order chi connectivity index (χ1) is 8.62. The minimum Gasteiger partial charge on any atom is -0.324 e. The maximum Gasteiger partial charge on any atom is 0.342 e. The Hall–Kier alpha value is -0.520. The third kappa shape index (κ3) is 5.16. The molecule has 0 aromatic heterocycles. The highest BCUT2D eigenvalue weighted by molar-refractivity contribution is 7.70. The molecule has 0 saturated carbocycles. The Morgan fingerprint density at radius 3 is 1.95 bits per heavy atom. The molecule has 108 valence electrons. The highest BCUT2D eigenvalue weighted by atomic mass is 31.2. The summed E-state index contributed by atoms with van der Waals surface area (Å²) in [6, 6.07) is 8.77. The molecule has 0 fully saturated rings. The summed E-state index contributed by atoms with van der Waals surface area (Å²) in [6.07, 6.45) is 0. The maximum absolute atomic E-state index is 11.1. The molecule has 1 aromatic carbocycles. The van der Waals surface area contributed by atoms with E-state index in [2.05, 4.69) is 5.32 Å². The molecule has 5 N–H and O–H groups in total. The summed E-state index contributed by atoms with van der Waals surface area (Å²) in [5.41, 5.74) is 0.859. The van der Waals surface area contributed by atoms with E-state index >= 15 is 0 Å². The third-order valence-corrected chi connectivity index (χ3v) is 6.41. The average Bonchev–Trinajstić information content (AvgIpc) is 2.26. The van der Waals surface area contributed by atoms with E-state index in [1.165, 1.54) is 0 Å². The van der Waals surface area contributed by atoms with Crippen LogP contribution in [0.25, 0.3) is 0 Å². The molecule has 1 atom stereocenters. The first-order valence-corrected chi connectivity index (χ1v) is 8.87. The van der Waals surface area contributed by atoms with Gasteiger partial charge in [0.1, 0.15) is 0 Å². The topological polar surface area (TPSA) is 127 Å². The largest absolute Gasteiger partial charge is 0.342 e. The smallest absolute Gasteiger partial charge is 0.324 e. The molecule has 0 radical (unpaired) electrons. The van der Waals surface area contributed by atoms with Crippen LogP contribution in [0.3, 0.4) is 0 Å². The molecule has 0 heterocycles. The molecule has 0 amide bonds. The Morgan fingerprint density at radius 1 is 1.05 bits per heavy atom. The quantitative estimate of drug-likeness (QED) is 0.496. The first kappa shape index (κ1) is 16.5. The van der Waals surface area contributed by atoms with Crippen molar-refractivity contribution in [1.82, 2.24) is 5.32 Å². The van der Waals surface area contributed by atoms with E-state index in [1.54, 1.807) is 19.1 Å². The van der Waals surface area contributed by atoms with E-state index in [0.717, 1.165) is 5.56 Å². The van der Waals surface area contributed by atoms with Gasteiger partial charge in [0, 0.05) is 12.6 Å². The molecular weight excluding hydrogens is 292 g/mol. The van der Waals surface area contributed by atoms with Crippen LogP contribution >= 0.6 is 15.2 Å². The monoisotopic (exact) mass is 309 g/mol. The molecule has 19 heavy (non-hydrogen) atoms. The minimum atomic E-state index is -4.87. The summed E-state index contributed by atoms with van der Waals surface area (Å²) in [7, 11) is -9.74. The molecule has 0 aliphatic rings. The van der Waals surface area contributed by atoms with Crippen LogP contribution in [0.2, 0.25) is 0 Å². The Morgan fingerprint density at radius 2 is 1.53 bits per heavy atom. The van der Waals surface area contributed by atoms with Crippen molar-refractivity contribution in [3.8, 4) is 0 Å². The number of benzene rings is 1. The third-order valence-electron chi connectivity index (χ3n) is 2.68. The van der Waals surface area contributed by atoms with Crippen LogP contribution in [0.15, 0.2) is 30.3 Å². The zero-order valence-corrected chi connectivity index (χ0v) is 12.0. The van der Waals surface area contributed by atoms with Crippen molar-refractivity contribution in [3.63, 3.8) is 0 Å². The van der Waals surface area contributed by atoms with E-state index in [4.69, 9.17) is 19.6 Å². The van der Waals surface area contributed by atoms with Crippen LogP contribution < -0.4 is 5.32 Å². The number of hydrogen-bond donors (Lipinski definition) is 5. The van der Waals surface area contributed by atoms with Crippen LogP contribution in [0.5, 0.6) is 0 Å². The molecule has 9 heteroatoms. The lowest BCUT2D eigenvalue weighted by molar-refractivity contribution is 0.334. The lowest BCUT2D eigenvalue weighted by atomic mass is 10.1. The van der Waals surface area contributed by atoms with Crippen LogP contribution in [-0.2, 0) is 9.13 Å². The van der Waals surface area contributed by atoms with Crippen molar-refractivity contribution >= 4 is 15.2 Å². The van der Waals surface area contributed by atoms with Gasteiger partial charge in [-0.15, -0.1) is 0 Å². The van der Waals surface area contributed by atoms with Gasteiger partial charge in [-0.3, -0.25) is 9.13 Å². The van der Waals surface area contributed by atoms with E-state index in [1.807, 2.05) is 18.2 Å². The molecular formula is C10H17NO6P2. The van der Waals surface area contributed by atoms with Crippen LogP contribution in [-0.4, -0.2) is 31.5 Å². The van der Waals surface area contributed by atoms with Gasteiger partial charge in [-0.05, 0) is 12.5 Å². The van der Waals surface area contributed by atoms with Gasteiger partial charge in [0.2, 0.25) is 0 Å². The van der Waals surface area contributed by atoms with Crippen molar-refractivity contribution < 1.29 is 28.7 Å². The Bertz CT molecular complexity index is 474. The van der Waals surface area contributed by atoms with E-state index in [-0.39, 0.29) is 6.04 Å². The summed E-state index contributed by atoms with van der Waals surface area (Å²) in [5, 5.41) is 0.706. The van der Waals surface area contributed by atoms with Crippen molar-refractivity contribution in [2.45, 2.75) is 18.4 Å². The summed E-state index contributed by atoms with van der Waals surface area (Å²) in [5.74, 6) is 0. The summed E-state index contributed by atoms with van der Waals surface area (Å²) in [6.45, 7) is 1.27. The van der Waals surface area contributed by atoms with Crippen LogP contribution in [0.4, 0.5) is 0 Å². The molecule has 0 aliphatic heterocycles. The number of hydrogen-bond acceptors (Lipinski definition) is 3. The number of nitrogens with one attached hydrogen (secondary N) is 1. The van der Waals surface area contributed by atoms with Gasteiger partial charge in [0.05, 0.1) is 0 Å². The fourth-order valence-corrected chi connectivity index (χ4v) is 3.83. The number of rotatable bonds is 6. The molecule has 0 spiro atoms. The van der Waals surface area contributed by atoms with E-state index < -0.39 is 27.1 Å². The molecule has 0 saturated heterocycles. The first-order valence-electron chi connectivity index (χ1n) is 5.51. The fraction of sp³-hybridized carbons (Fsp3) is 0.400. The van der Waals surface area contributed by atoms with Gasteiger partial charge in [-0.2, -0.15) is 0 Å². The second-order valence-corrected chi connectivity index (χ2v) is 8.21. The molecule has 0 aliphatic carbocycles. The van der Waals surface area contributed by atoms with E-state index in [0.29, 0.717) is 0 Å². The molecule has 7 nitrogen and oxygen atoms in total. The molecule has 1 aromatic rings. The minimum absolute atomic E-state index is 0.276. The SMILES string of the molecule is C[C@H](NCC(P(=O)(O)O)P(=O)(O)O)c1ccccc1. The molecule has 1 rings (SSSR count). The summed E-state index contributed by atoms with van der Waals surface area (Å²) < 4.78 is 22.2. The maximum atomic E-state index is 11.1. The Balaban J connectivity index is 2.74. The van der Waals surface area contributed by atoms with Crippen LogP contribution in [0.1, 0.15) is 18.5 Å². The predicted molar refractivity (Wildman–Crippen MR) is 70.7 cm³/mol. The Labute approximate surface area is 111 Å². The van der Waals surface area contributed by atoms with Crippen molar-refractivity contribution in [2.75, 3.05) is 6.54 Å². The molecule has 0 bridgehead atoms. The van der Waals surface area contributed by atoms with Gasteiger partial charge < -0.3 is 24.9 Å². The lowest BCUT2D eigenvalue weighted by Gasteiger charge is -2.22. The zero-order valence-electron chi connectivity index (χ0n) is 10.2. The molecule has 0 unspecified atom stereocenters. The lowest BCUT2D eigenvalue weighted by Crippen LogP contribution is -2.29. The van der Waals surface area contributed by atoms with Gasteiger partial charge in [-0.1, -0.05) is 30.3 Å². The van der Waals surface area contributed by atoms with Crippen molar-refractivity contribution in [1.29, 1.82) is 0 Å². The zero-order chi connectivity index (χ0) is 14.7. The highest BCUT2D eigenvalue weighted by Crippen LogP contribution is 2.59. The van der Waals surface area contributed by atoms with Gasteiger partial charge >= 0.3 is 15.2 Å². The van der Waals surface area contributed by atoms with Crippen molar-refractivity contribution in [3.05, 3.63) is 35.9 Å². The second-order valence-electron chi connectivity index (χ2n) is 4.20. The Kier molecular flexibility index (Phi) is 5.47. The summed E-state index contributed by atoms with van der Waals surface area (Å²) in [4.78, 5) is 35.9. The highest BCUT2D eigenvalue weighted by Gasteiger charge is 2.43. The van der Waals surface area contributed by atoms with E-state index in [9.17, 15) is 9.13 Å².